The van der Waals surface area contributed by atoms with Crippen molar-refractivity contribution in [3.05, 3.63) is 71.3 Å². The molecule has 2 aromatic carbocycles. The van der Waals surface area contributed by atoms with E-state index in [1.807, 2.05) is 30.3 Å². The molecule has 25 heavy (non-hydrogen) atoms. The highest BCUT2D eigenvalue weighted by molar-refractivity contribution is 5.88. The molecule has 1 amide bonds. The Hall–Kier alpha value is -3.28. The summed E-state index contributed by atoms with van der Waals surface area (Å²) in [6, 6.07) is 14.0. The first kappa shape index (κ1) is 18.1. The van der Waals surface area contributed by atoms with Gasteiger partial charge in [-0.05, 0) is 17.7 Å². The van der Waals surface area contributed by atoms with Crippen molar-refractivity contribution < 1.29 is 24.2 Å². The van der Waals surface area contributed by atoms with Crippen LogP contribution >= 0.6 is 0 Å². The summed E-state index contributed by atoms with van der Waals surface area (Å²) in [5, 5.41) is 11.6. The average molecular weight is 341 g/mol. The lowest BCUT2D eigenvalue weighted by Gasteiger charge is -2.07. The van der Waals surface area contributed by atoms with Crippen molar-refractivity contribution in [2.45, 2.75) is 6.61 Å². The van der Waals surface area contributed by atoms with Crippen LogP contribution in [0.3, 0.4) is 0 Å². The molecule has 0 aliphatic rings. The van der Waals surface area contributed by atoms with Crippen molar-refractivity contribution in [1.82, 2.24) is 5.32 Å². The summed E-state index contributed by atoms with van der Waals surface area (Å²) in [4.78, 5) is 22.6. The van der Waals surface area contributed by atoms with Crippen LogP contribution in [0.5, 0.6) is 5.75 Å². The fraction of sp³-hybridized carbons (Fsp3) is 0.158. The third kappa shape index (κ3) is 5.69. The van der Waals surface area contributed by atoms with E-state index >= 15 is 0 Å². The lowest BCUT2D eigenvalue weighted by atomic mass is 10.1. The minimum absolute atomic E-state index is 0.150. The number of nitrogens with one attached hydrogen (secondary N) is 1. The lowest BCUT2D eigenvalue weighted by molar-refractivity contribution is 0.0696. The van der Waals surface area contributed by atoms with Crippen molar-refractivity contribution in [1.29, 1.82) is 0 Å². The van der Waals surface area contributed by atoms with Crippen LogP contribution < -0.4 is 10.1 Å². The maximum absolute atomic E-state index is 11.6. The van der Waals surface area contributed by atoms with Crippen LogP contribution in [-0.2, 0) is 11.3 Å². The predicted octanol–water partition coefficient (Wildman–Crippen LogP) is 3.33. The molecule has 0 atom stereocenters. The molecule has 6 heteroatoms. The average Bonchev–Trinajstić information content (AvgIpc) is 2.64. The Balaban J connectivity index is 1.82. The number of carboxylic acids is 1. The minimum atomic E-state index is -1.02. The van der Waals surface area contributed by atoms with E-state index in [2.05, 4.69) is 5.32 Å². The number of hydrogen-bond donors (Lipinski definition) is 2. The zero-order valence-corrected chi connectivity index (χ0v) is 13.8. The van der Waals surface area contributed by atoms with Gasteiger partial charge in [-0.25, -0.2) is 9.59 Å². The van der Waals surface area contributed by atoms with E-state index in [0.29, 0.717) is 11.3 Å². The Kier molecular flexibility index (Phi) is 6.59. The zero-order valence-electron chi connectivity index (χ0n) is 13.8. The Morgan fingerprint density at radius 1 is 1.16 bits per heavy atom. The molecule has 0 saturated heterocycles. The van der Waals surface area contributed by atoms with Gasteiger partial charge in [0.05, 0.1) is 12.7 Å². The number of ether oxygens (including phenoxy) is 2. The number of carboxylic acid groups (broad SMARTS) is 1. The highest BCUT2D eigenvalue weighted by atomic mass is 16.5. The first-order valence-corrected chi connectivity index (χ1v) is 7.62. The zero-order chi connectivity index (χ0) is 18.1. The number of alkyl carbamates (subject to hydrolysis) is 1. The van der Waals surface area contributed by atoms with Crippen molar-refractivity contribution in [3.63, 3.8) is 0 Å². The van der Waals surface area contributed by atoms with Crippen LogP contribution in [0.2, 0.25) is 0 Å². The van der Waals surface area contributed by atoms with Gasteiger partial charge in [0.2, 0.25) is 0 Å². The van der Waals surface area contributed by atoms with Gasteiger partial charge in [-0.3, -0.25) is 0 Å². The molecule has 130 valence electrons. The van der Waals surface area contributed by atoms with E-state index in [1.165, 1.54) is 19.2 Å². The Morgan fingerprint density at radius 3 is 2.60 bits per heavy atom. The third-order valence-electron chi connectivity index (χ3n) is 3.35. The van der Waals surface area contributed by atoms with Gasteiger partial charge in [0.15, 0.2) is 0 Å². The number of carbonyl (C=O) groups is 2. The monoisotopic (exact) mass is 341 g/mol. The summed E-state index contributed by atoms with van der Waals surface area (Å²) in [5.74, 6) is -0.570. The Labute approximate surface area is 145 Å². The topological polar surface area (TPSA) is 84.9 Å². The highest BCUT2D eigenvalue weighted by Crippen LogP contribution is 2.21. The van der Waals surface area contributed by atoms with Gasteiger partial charge >= 0.3 is 12.1 Å². The summed E-state index contributed by atoms with van der Waals surface area (Å²) in [7, 11) is 1.47. The minimum Gasteiger partial charge on any atom is -0.496 e. The number of rotatable bonds is 7. The van der Waals surface area contributed by atoms with E-state index in [-0.39, 0.29) is 18.7 Å². The molecule has 0 radical (unpaired) electrons. The van der Waals surface area contributed by atoms with Crippen molar-refractivity contribution in [2.24, 2.45) is 0 Å². The van der Waals surface area contributed by atoms with E-state index in [4.69, 9.17) is 14.6 Å². The van der Waals surface area contributed by atoms with Crippen LogP contribution in [0, 0.1) is 0 Å². The van der Waals surface area contributed by atoms with E-state index < -0.39 is 12.1 Å². The van der Waals surface area contributed by atoms with Gasteiger partial charge in [0.1, 0.15) is 12.4 Å². The van der Waals surface area contributed by atoms with Crippen LogP contribution in [0.15, 0.2) is 54.6 Å². The fourth-order valence-corrected chi connectivity index (χ4v) is 2.08. The normalized spacial score (nSPS) is 10.4. The van der Waals surface area contributed by atoms with Crippen LogP contribution in [0.4, 0.5) is 4.79 Å². The van der Waals surface area contributed by atoms with Gasteiger partial charge in [-0.2, -0.15) is 0 Å². The first-order valence-electron chi connectivity index (χ1n) is 7.62. The van der Waals surface area contributed by atoms with Gasteiger partial charge < -0.3 is 19.9 Å². The summed E-state index contributed by atoms with van der Waals surface area (Å²) in [6.07, 6.45) is 2.95. The molecule has 2 rings (SSSR count). The Morgan fingerprint density at radius 2 is 1.92 bits per heavy atom. The number of aromatic carboxylic acids is 1. The Bertz CT molecular complexity index is 756. The van der Waals surface area contributed by atoms with Crippen molar-refractivity contribution >= 4 is 18.1 Å². The number of hydrogen-bond acceptors (Lipinski definition) is 4. The van der Waals surface area contributed by atoms with Gasteiger partial charge in [-0.1, -0.05) is 48.6 Å². The SMILES string of the molecule is COc1cc(C(=O)O)ccc1C=CCNC(=O)OCc1ccccc1. The summed E-state index contributed by atoms with van der Waals surface area (Å²) < 4.78 is 10.3. The molecule has 0 saturated carbocycles. The number of methoxy groups -OCH3 is 1. The molecule has 0 bridgehead atoms. The number of amides is 1. The third-order valence-corrected chi connectivity index (χ3v) is 3.35. The molecule has 0 unspecified atom stereocenters. The molecule has 0 fully saturated rings. The largest absolute Gasteiger partial charge is 0.496 e. The maximum Gasteiger partial charge on any atom is 0.407 e. The van der Waals surface area contributed by atoms with E-state index in [0.717, 1.165) is 5.56 Å². The van der Waals surface area contributed by atoms with E-state index in [1.54, 1.807) is 18.2 Å². The summed E-state index contributed by atoms with van der Waals surface area (Å²) in [6.45, 7) is 0.484. The second-order valence-corrected chi connectivity index (χ2v) is 5.11. The van der Waals surface area contributed by atoms with E-state index in [9.17, 15) is 9.59 Å². The van der Waals surface area contributed by atoms with Gasteiger partial charge in [0.25, 0.3) is 0 Å². The molecule has 0 heterocycles. The number of carbonyl (C=O) groups excluding carboxylic acids is 1. The molecule has 0 aromatic heterocycles. The predicted molar refractivity (Wildman–Crippen MR) is 93.6 cm³/mol. The number of benzene rings is 2. The van der Waals surface area contributed by atoms with Crippen LogP contribution in [-0.4, -0.2) is 30.8 Å². The molecule has 2 N–H and O–H groups in total. The maximum atomic E-state index is 11.6. The quantitative estimate of drug-likeness (QED) is 0.807. The second kappa shape index (κ2) is 9.12. The van der Waals surface area contributed by atoms with Gasteiger partial charge in [0, 0.05) is 12.1 Å². The molecular weight excluding hydrogens is 322 g/mol. The molecule has 0 aliphatic carbocycles. The first-order chi connectivity index (χ1) is 12.1. The van der Waals surface area contributed by atoms with Gasteiger partial charge in [-0.15, -0.1) is 0 Å². The molecule has 2 aromatic rings. The van der Waals surface area contributed by atoms with Crippen LogP contribution in [0.1, 0.15) is 21.5 Å². The second-order valence-electron chi connectivity index (χ2n) is 5.11. The highest BCUT2D eigenvalue weighted by Gasteiger charge is 2.07. The van der Waals surface area contributed by atoms with Crippen LogP contribution in [0.25, 0.3) is 6.08 Å². The fourth-order valence-electron chi connectivity index (χ4n) is 2.08. The smallest absolute Gasteiger partial charge is 0.407 e. The molecule has 0 spiro atoms. The molecular formula is C19H19NO5. The molecule has 0 aliphatic heterocycles. The lowest BCUT2D eigenvalue weighted by Crippen LogP contribution is -2.24. The molecule has 6 nitrogen and oxygen atoms in total. The van der Waals surface area contributed by atoms with Crippen molar-refractivity contribution in [3.8, 4) is 5.75 Å². The van der Waals surface area contributed by atoms with Crippen molar-refractivity contribution in [2.75, 3.05) is 13.7 Å². The summed E-state index contributed by atoms with van der Waals surface area (Å²) in [5.41, 5.74) is 1.78. The summed E-state index contributed by atoms with van der Waals surface area (Å²) >= 11 is 0. The standard InChI is InChI=1S/C19H19NO5/c1-24-17-12-16(18(21)22)10-9-15(17)8-5-11-20-19(23)25-13-14-6-3-2-4-7-14/h2-10,12H,11,13H2,1H3,(H,20,23)(H,21,22).